The van der Waals surface area contributed by atoms with E-state index in [9.17, 15) is 18.0 Å². The molecule has 2 amide bonds. The van der Waals surface area contributed by atoms with Crippen LogP contribution in [0, 0.1) is 13.8 Å². The molecule has 0 heterocycles. The molecule has 2 aromatic carbocycles. The molecule has 0 unspecified atom stereocenters. The lowest BCUT2D eigenvalue weighted by Gasteiger charge is -2.29. The van der Waals surface area contributed by atoms with Gasteiger partial charge in [-0.3, -0.25) is 13.9 Å². The van der Waals surface area contributed by atoms with E-state index in [4.69, 9.17) is 4.74 Å². The molecule has 1 N–H and O–H groups in total. The summed E-state index contributed by atoms with van der Waals surface area (Å²) in [6.45, 7) is 5.92. The Hall–Kier alpha value is -3.07. The summed E-state index contributed by atoms with van der Waals surface area (Å²) in [7, 11) is -0.421. The van der Waals surface area contributed by atoms with Crippen LogP contribution in [0.1, 0.15) is 36.5 Å². The van der Waals surface area contributed by atoms with Crippen LogP contribution in [-0.4, -0.2) is 58.1 Å². The summed E-state index contributed by atoms with van der Waals surface area (Å²) in [5.74, 6) is 0.213. The van der Waals surface area contributed by atoms with Gasteiger partial charge in [0.15, 0.2) is 0 Å². The van der Waals surface area contributed by atoms with Gasteiger partial charge in [0.25, 0.3) is 0 Å². The van der Waals surface area contributed by atoms with Crippen LogP contribution in [0.25, 0.3) is 0 Å². The van der Waals surface area contributed by atoms with Crippen LogP contribution in [0.15, 0.2) is 42.5 Å². The molecule has 0 spiro atoms. The molecule has 0 aromatic heterocycles. The van der Waals surface area contributed by atoms with Crippen molar-refractivity contribution in [2.45, 2.75) is 46.2 Å². The van der Waals surface area contributed by atoms with Gasteiger partial charge in [-0.1, -0.05) is 24.3 Å². The highest BCUT2D eigenvalue weighted by Gasteiger charge is 2.26. The van der Waals surface area contributed by atoms with Crippen LogP contribution in [0.4, 0.5) is 5.69 Å². The van der Waals surface area contributed by atoms with Gasteiger partial charge in [-0.25, -0.2) is 8.42 Å². The third-order valence-corrected chi connectivity index (χ3v) is 7.10. The van der Waals surface area contributed by atoms with Crippen molar-refractivity contribution in [3.05, 3.63) is 59.2 Å². The molecule has 0 aliphatic rings. The number of carbonyl (C=O) groups is 2. The average Bonchev–Trinajstić information content (AvgIpc) is 2.81. The molecule has 34 heavy (non-hydrogen) atoms. The average molecular weight is 490 g/mol. The van der Waals surface area contributed by atoms with Crippen LogP contribution in [0.5, 0.6) is 5.75 Å². The highest BCUT2D eigenvalue weighted by atomic mass is 32.2. The Bertz CT molecular complexity index is 1100. The SMILES string of the molecule is CNC(=O)[C@H](C)N(Cc1ccc(OC)cc1)C(=O)CCCN(c1cccc(C)c1C)S(C)(=O)=O. The van der Waals surface area contributed by atoms with Gasteiger partial charge in [0.05, 0.1) is 19.1 Å². The number of amides is 2. The number of nitrogens with one attached hydrogen (secondary N) is 1. The molecule has 0 fully saturated rings. The predicted molar refractivity (Wildman–Crippen MR) is 134 cm³/mol. The number of ether oxygens (including phenoxy) is 1. The Morgan fingerprint density at radius 3 is 2.29 bits per heavy atom. The Kier molecular flexibility index (Phi) is 9.49. The number of carbonyl (C=O) groups excluding carboxylic acids is 2. The topological polar surface area (TPSA) is 96.0 Å². The van der Waals surface area contributed by atoms with E-state index in [2.05, 4.69) is 5.32 Å². The summed E-state index contributed by atoms with van der Waals surface area (Å²) in [5, 5.41) is 2.59. The van der Waals surface area contributed by atoms with Gasteiger partial charge in [-0.2, -0.15) is 0 Å². The lowest BCUT2D eigenvalue weighted by molar-refractivity contribution is -0.140. The van der Waals surface area contributed by atoms with Gasteiger partial charge in [-0.15, -0.1) is 0 Å². The second-order valence-corrected chi connectivity index (χ2v) is 10.2. The summed E-state index contributed by atoms with van der Waals surface area (Å²) >= 11 is 0. The molecular weight excluding hydrogens is 454 g/mol. The van der Waals surface area contributed by atoms with E-state index < -0.39 is 16.1 Å². The Morgan fingerprint density at radius 1 is 1.09 bits per heavy atom. The molecule has 0 bridgehead atoms. The molecule has 8 nitrogen and oxygen atoms in total. The van der Waals surface area contributed by atoms with Crippen molar-refractivity contribution in [3.63, 3.8) is 0 Å². The maximum atomic E-state index is 13.2. The van der Waals surface area contributed by atoms with Crippen LogP contribution in [0.3, 0.4) is 0 Å². The van der Waals surface area contributed by atoms with Crippen molar-refractivity contribution in [2.24, 2.45) is 0 Å². The number of rotatable bonds is 11. The molecule has 2 aromatic rings. The second kappa shape index (κ2) is 11.9. The van der Waals surface area contributed by atoms with Gasteiger partial charge < -0.3 is 15.0 Å². The summed E-state index contributed by atoms with van der Waals surface area (Å²) in [4.78, 5) is 27.0. The zero-order valence-electron chi connectivity index (χ0n) is 20.8. The van der Waals surface area contributed by atoms with E-state index in [0.29, 0.717) is 17.9 Å². The number of aryl methyl sites for hydroxylation is 1. The summed E-state index contributed by atoms with van der Waals surface area (Å²) in [5.41, 5.74) is 3.35. The Balaban J connectivity index is 2.17. The summed E-state index contributed by atoms with van der Waals surface area (Å²) in [6.07, 6.45) is 1.59. The van der Waals surface area contributed by atoms with E-state index in [1.165, 1.54) is 22.5 Å². The molecular formula is C25H35N3O5S. The van der Waals surface area contributed by atoms with Crippen molar-refractivity contribution in [1.29, 1.82) is 0 Å². The summed E-state index contributed by atoms with van der Waals surface area (Å²) in [6, 6.07) is 12.2. The number of anilines is 1. The van der Waals surface area contributed by atoms with E-state index in [-0.39, 0.29) is 31.3 Å². The van der Waals surface area contributed by atoms with E-state index >= 15 is 0 Å². The zero-order valence-corrected chi connectivity index (χ0v) is 21.6. The zero-order chi connectivity index (χ0) is 25.5. The quantitative estimate of drug-likeness (QED) is 0.523. The highest BCUT2D eigenvalue weighted by Crippen LogP contribution is 2.25. The minimum absolute atomic E-state index is 0.106. The maximum Gasteiger partial charge on any atom is 0.242 e. The number of likely N-dealkylation sites (N-methyl/N-ethyl adjacent to an activating group) is 1. The van der Waals surface area contributed by atoms with E-state index in [1.54, 1.807) is 32.2 Å². The van der Waals surface area contributed by atoms with Crippen molar-refractivity contribution in [2.75, 3.05) is 31.3 Å². The van der Waals surface area contributed by atoms with Gasteiger partial charge in [0, 0.05) is 26.6 Å². The predicted octanol–water partition coefficient (Wildman–Crippen LogP) is 3.02. The monoisotopic (exact) mass is 489 g/mol. The van der Waals surface area contributed by atoms with Crippen LogP contribution < -0.4 is 14.4 Å². The molecule has 1 atom stereocenters. The number of nitrogens with zero attached hydrogens (tertiary/aromatic N) is 2. The standard InChI is InChI=1S/C25H35N3O5S/c1-18-9-7-10-23(19(18)2)28(34(6,31)32)16-8-11-24(29)27(20(3)25(30)26-4)17-21-12-14-22(33-5)15-13-21/h7,9-10,12-15,20H,8,11,16-17H2,1-6H3,(H,26,30)/t20-/m0/s1. The first-order valence-corrected chi connectivity index (χ1v) is 13.0. The largest absolute Gasteiger partial charge is 0.497 e. The number of hydrogen-bond acceptors (Lipinski definition) is 5. The first-order chi connectivity index (χ1) is 16.0. The lowest BCUT2D eigenvalue weighted by atomic mass is 10.1. The van der Waals surface area contributed by atoms with Crippen LogP contribution >= 0.6 is 0 Å². The summed E-state index contributed by atoms with van der Waals surface area (Å²) < 4.78 is 31.5. The molecule has 0 aliphatic heterocycles. The third kappa shape index (κ3) is 6.96. The third-order valence-electron chi connectivity index (χ3n) is 5.92. The molecule has 186 valence electrons. The van der Waals surface area contributed by atoms with Gasteiger partial charge in [-0.05, 0) is 62.1 Å². The van der Waals surface area contributed by atoms with Crippen molar-refractivity contribution >= 4 is 27.5 Å². The van der Waals surface area contributed by atoms with E-state index in [1.807, 2.05) is 38.1 Å². The fourth-order valence-corrected chi connectivity index (χ4v) is 4.72. The number of benzene rings is 2. The van der Waals surface area contributed by atoms with Crippen molar-refractivity contribution < 1.29 is 22.7 Å². The fourth-order valence-electron chi connectivity index (χ4n) is 3.71. The smallest absolute Gasteiger partial charge is 0.242 e. The molecule has 0 radical (unpaired) electrons. The van der Waals surface area contributed by atoms with Gasteiger partial charge in [0.2, 0.25) is 21.8 Å². The normalized spacial score (nSPS) is 12.1. The molecule has 2 rings (SSSR count). The molecule has 0 saturated carbocycles. The molecule has 0 saturated heterocycles. The number of methoxy groups -OCH3 is 1. The lowest BCUT2D eigenvalue weighted by Crippen LogP contribution is -2.46. The fraction of sp³-hybridized carbons (Fsp3) is 0.440. The first kappa shape index (κ1) is 27.2. The highest BCUT2D eigenvalue weighted by molar-refractivity contribution is 7.92. The second-order valence-electron chi connectivity index (χ2n) is 8.32. The van der Waals surface area contributed by atoms with Crippen LogP contribution in [0.2, 0.25) is 0 Å². The Morgan fingerprint density at radius 2 is 1.74 bits per heavy atom. The van der Waals surface area contributed by atoms with Gasteiger partial charge in [0.1, 0.15) is 11.8 Å². The number of sulfonamides is 1. The van der Waals surface area contributed by atoms with E-state index in [0.717, 1.165) is 16.7 Å². The van der Waals surface area contributed by atoms with Gasteiger partial charge >= 0.3 is 0 Å². The van der Waals surface area contributed by atoms with Crippen molar-refractivity contribution in [3.8, 4) is 5.75 Å². The molecule has 9 heteroatoms. The van der Waals surface area contributed by atoms with Crippen molar-refractivity contribution in [1.82, 2.24) is 10.2 Å². The Labute approximate surface area is 202 Å². The first-order valence-electron chi connectivity index (χ1n) is 11.2. The van der Waals surface area contributed by atoms with Crippen LogP contribution in [-0.2, 0) is 26.2 Å². The maximum absolute atomic E-state index is 13.2. The minimum atomic E-state index is -3.53. The molecule has 0 aliphatic carbocycles. The number of hydrogen-bond donors (Lipinski definition) is 1. The minimum Gasteiger partial charge on any atom is -0.497 e.